The molecule has 0 aliphatic heterocycles. The summed E-state index contributed by atoms with van der Waals surface area (Å²) in [7, 11) is 0. The Bertz CT molecular complexity index is 864. The number of hydrogen-bond donors (Lipinski definition) is 6. The van der Waals surface area contributed by atoms with Crippen molar-refractivity contribution in [3.8, 4) is 0 Å². The number of unbranched alkanes of at least 4 members (excludes halogenated alkanes) is 17. The minimum atomic E-state index is -1.89. The van der Waals surface area contributed by atoms with E-state index in [2.05, 4.69) is 6.92 Å². The first-order valence-electron chi connectivity index (χ1n) is 18.7. The molecule has 0 fully saturated rings. The number of hydrogen-bond acceptors (Lipinski definition) is 9. The predicted octanol–water partition coefficient (Wildman–Crippen LogP) is 6.49. The Kier molecular flexibility index (Phi) is 27.5. The van der Waals surface area contributed by atoms with Gasteiger partial charge >= 0.3 is 17.9 Å². The summed E-state index contributed by atoms with van der Waals surface area (Å²) in [4.78, 5) is 48.0. The summed E-state index contributed by atoms with van der Waals surface area (Å²) in [5, 5.41) is 57.7. The van der Waals surface area contributed by atoms with E-state index in [1.807, 2.05) is 0 Å². The third kappa shape index (κ3) is 21.8. The predicted molar refractivity (Wildman–Crippen MR) is 184 cm³/mol. The molecule has 11 heteroatoms. The Morgan fingerprint density at radius 3 is 1.25 bits per heavy atom. The average Bonchev–Trinajstić information content (AvgIpc) is 3.05. The summed E-state index contributed by atoms with van der Waals surface area (Å²) in [6, 6.07) is 0. The van der Waals surface area contributed by atoms with E-state index in [0.717, 1.165) is 122 Å². The molecule has 0 saturated heterocycles. The van der Waals surface area contributed by atoms with E-state index >= 15 is 0 Å². The molecule has 0 aromatic rings. The third-order valence-electron chi connectivity index (χ3n) is 9.41. The number of esters is 1. The van der Waals surface area contributed by atoms with E-state index in [-0.39, 0.29) is 12.8 Å². The van der Waals surface area contributed by atoms with Gasteiger partial charge in [-0.15, -0.1) is 0 Å². The molecule has 0 aromatic heterocycles. The van der Waals surface area contributed by atoms with E-state index in [1.165, 1.54) is 0 Å². The number of aliphatic hydroxyl groups is 4. The largest absolute Gasteiger partial charge is 0.481 e. The molecule has 0 bridgehead atoms. The molecule has 0 aliphatic rings. The highest BCUT2D eigenvalue weighted by Crippen LogP contribution is 2.39. The van der Waals surface area contributed by atoms with Gasteiger partial charge in [-0.05, 0) is 39.0 Å². The zero-order valence-electron chi connectivity index (χ0n) is 29.9. The highest BCUT2D eigenvalue weighted by Gasteiger charge is 2.43. The summed E-state index contributed by atoms with van der Waals surface area (Å²) in [5.41, 5.74) is -0.868. The van der Waals surface area contributed by atoms with Crippen LogP contribution in [0, 0.1) is 5.41 Å². The van der Waals surface area contributed by atoms with Crippen LogP contribution in [-0.2, 0) is 23.9 Å². The normalized spacial score (nSPS) is 15.3. The lowest BCUT2D eigenvalue weighted by Gasteiger charge is -2.35. The Morgan fingerprint density at radius 1 is 0.562 bits per heavy atom. The minimum Gasteiger partial charge on any atom is -0.481 e. The van der Waals surface area contributed by atoms with Gasteiger partial charge in [-0.3, -0.25) is 19.2 Å². The molecule has 282 valence electrons. The van der Waals surface area contributed by atoms with Gasteiger partial charge in [-0.25, -0.2) is 0 Å². The van der Waals surface area contributed by atoms with Crippen molar-refractivity contribution in [3.63, 3.8) is 0 Å². The van der Waals surface area contributed by atoms with E-state index in [9.17, 15) is 39.6 Å². The molecule has 0 aromatic carbocycles. The number of carbonyl (C=O) groups is 4. The van der Waals surface area contributed by atoms with E-state index in [1.54, 1.807) is 0 Å². The number of rotatable bonds is 34. The molecule has 48 heavy (non-hydrogen) atoms. The van der Waals surface area contributed by atoms with Gasteiger partial charge in [-0.2, -0.15) is 0 Å². The molecule has 6 N–H and O–H groups in total. The molecule has 0 heterocycles. The molecule has 0 rings (SSSR count). The molecule has 0 saturated carbocycles. The summed E-state index contributed by atoms with van der Waals surface area (Å²) in [5.74, 6) is -2.76. The van der Waals surface area contributed by atoms with Crippen molar-refractivity contribution >= 4 is 23.7 Å². The maximum absolute atomic E-state index is 14.1. The Balaban J connectivity index is 5.52. The van der Waals surface area contributed by atoms with Gasteiger partial charge in [0, 0.05) is 12.8 Å². The molecule has 0 amide bonds. The second kappa shape index (κ2) is 28.7. The van der Waals surface area contributed by atoms with Crippen molar-refractivity contribution in [1.82, 2.24) is 0 Å². The van der Waals surface area contributed by atoms with Crippen LogP contribution >= 0.6 is 0 Å². The fourth-order valence-electron chi connectivity index (χ4n) is 6.32. The number of ether oxygens (including phenoxy) is 1. The van der Waals surface area contributed by atoms with Crippen molar-refractivity contribution < 1.29 is 54.6 Å². The monoisotopic (exact) mass is 688 g/mol. The number of carboxylic acid groups (broad SMARTS) is 2. The van der Waals surface area contributed by atoms with Crippen LogP contribution in [0.3, 0.4) is 0 Å². The maximum atomic E-state index is 14.1. The minimum absolute atomic E-state index is 0.184. The molecule has 0 aliphatic carbocycles. The van der Waals surface area contributed by atoms with E-state index < -0.39 is 60.1 Å². The number of ketones is 1. The standard InChI is InChI=1S/C37H68O11/c1-3-4-5-20-25-37(27-22-17-13-9-11-15-19-24-32(43)44,26-21-16-12-8-6-7-10-14-18-23-31(41)42)36(47)48-35(29(2)39)34(46)33(45)30(40)28-38/h30,33-35,38,40,45-46H,3-28H2,1-2H3,(H,41,42)(H,43,44)/t30-,33-,34+,35+,37?/m1/s1. The van der Waals surface area contributed by atoms with Crippen LogP contribution in [0.4, 0.5) is 0 Å². The fraction of sp³-hybridized carbons (Fsp3) is 0.892. The lowest BCUT2D eigenvalue weighted by Crippen LogP contribution is -2.51. The smallest absolute Gasteiger partial charge is 0.312 e. The van der Waals surface area contributed by atoms with Gasteiger partial charge < -0.3 is 35.4 Å². The summed E-state index contributed by atoms with van der Waals surface area (Å²) < 4.78 is 5.74. The number of aliphatic carboxylic acids is 2. The zero-order valence-corrected chi connectivity index (χ0v) is 29.9. The maximum Gasteiger partial charge on any atom is 0.312 e. The fourth-order valence-corrected chi connectivity index (χ4v) is 6.32. The van der Waals surface area contributed by atoms with Gasteiger partial charge in [0.15, 0.2) is 11.9 Å². The SMILES string of the molecule is CCCCCCC(CCCCCCCCCCCC(=O)O)(CCCCCCCCCC(=O)O)C(=O)O[C@@H](C(C)=O)[C@@H](O)[C@H](O)[C@H](O)CO. The first-order chi connectivity index (χ1) is 22.9. The molecular formula is C37H68O11. The Labute approximate surface area is 288 Å². The average molecular weight is 689 g/mol. The number of aliphatic hydroxyl groups excluding tert-OH is 4. The van der Waals surface area contributed by atoms with Crippen molar-refractivity contribution in [1.29, 1.82) is 0 Å². The number of carbonyl (C=O) groups excluding carboxylic acids is 2. The van der Waals surface area contributed by atoms with Crippen molar-refractivity contribution in [3.05, 3.63) is 0 Å². The Morgan fingerprint density at radius 2 is 0.917 bits per heavy atom. The summed E-state index contributed by atoms with van der Waals surface area (Å²) >= 11 is 0. The zero-order chi connectivity index (χ0) is 36.2. The van der Waals surface area contributed by atoms with Gasteiger partial charge in [0.1, 0.15) is 18.3 Å². The quantitative estimate of drug-likeness (QED) is 0.0319. The van der Waals surface area contributed by atoms with Gasteiger partial charge in [0.25, 0.3) is 0 Å². The molecular weight excluding hydrogens is 620 g/mol. The lowest BCUT2D eigenvalue weighted by molar-refractivity contribution is -0.182. The van der Waals surface area contributed by atoms with Crippen LogP contribution < -0.4 is 0 Å². The number of carboxylic acids is 2. The Hall–Kier alpha value is -2.08. The summed E-state index contributed by atoms with van der Waals surface area (Å²) in [6.07, 6.45) is 13.5. The van der Waals surface area contributed by atoms with Gasteiger partial charge in [0.05, 0.1) is 12.0 Å². The van der Waals surface area contributed by atoms with Crippen molar-refractivity contribution in [2.24, 2.45) is 5.41 Å². The topological polar surface area (TPSA) is 199 Å². The lowest BCUT2D eigenvalue weighted by atomic mass is 9.73. The first kappa shape index (κ1) is 45.9. The second-order valence-corrected chi connectivity index (χ2v) is 13.7. The molecule has 1 unspecified atom stereocenters. The molecule has 5 atom stereocenters. The number of Topliss-reactive ketones (excluding diaryl/α,β-unsaturated/α-hetero) is 1. The first-order valence-corrected chi connectivity index (χ1v) is 18.7. The molecule has 11 nitrogen and oxygen atoms in total. The third-order valence-corrected chi connectivity index (χ3v) is 9.41. The van der Waals surface area contributed by atoms with E-state index in [0.29, 0.717) is 32.1 Å². The summed E-state index contributed by atoms with van der Waals surface area (Å²) in [6.45, 7) is 2.44. The highest BCUT2D eigenvalue weighted by molar-refractivity contribution is 5.85. The van der Waals surface area contributed by atoms with Crippen molar-refractivity contribution in [2.75, 3.05) is 6.61 Å². The van der Waals surface area contributed by atoms with Crippen LogP contribution in [0.25, 0.3) is 0 Å². The van der Waals surface area contributed by atoms with Crippen LogP contribution in [0.2, 0.25) is 0 Å². The van der Waals surface area contributed by atoms with Crippen LogP contribution in [0.1, 0.15) is 174 Å². The van der Waals surface area contributed by atoms with Gasteiger partial charge in [-0.1, -0.05) is 122 Å². The highest BCUT2D eigenvalue weighted by atomic mass is 16.6. The van der Waals surface area contributed by atoms with E-state index in [4.69, 9.17) is 14.9 Å². The second-order valence-electron chi connectivity index (χ2n) is 13.7. The van der Waals surface area contributed by atoms with Crippen LogP contribution in [0.5, 0.6) is 0 Å². The molecule has 0 spiro atoms. The van der Waals surface area contributed by atoms with Crippen molar-refractivity contribution in [2.45, 2.75) is 199 Å². The van der Waals surface area contributed by atoms with Crippen LogP contribution in [0.15, 0.2) is 0 Å². The molecule has 0 radical (unpaired) electrons. The van der Waals surface area contributed by atoms with Crippen LogP contribution in [-0.4, -0.2) is 85.4 Å². The van der Waals surface area contributed by atoms with Gasteiger partial charge in [0.2, 0.25) is 0 Å².